The minimum absolute atomic E-state index is 0. The van der Waals surface area contributed by atoms with Crippen LogP contribution in [0.4, 0.5) is 5.88 Å². The fourth-order valence-electron chi connectivity index (χ4n) is 9.43. The summed E-state index contributed by atoms with van der Waals surface area (Å²) < 4.78 is 34.0. The van der Waals surface area contributed by atoms with Crippen LogP contribution in [-0.4, -0.2) is 70.8 Å². The van der Waals surface area contributed by atoms with E-state index in [-0.39, 0.29) is 54.2 Å². The molecular formula is C44H47NO10. The van der Waals surface area contributed by atoms with Gasteiger partial charge in [0.2, 0.25) is 5.78 Å². The number of fused-ring (bicyclic) bond motifs is 4. The van der Waals surface area contributed by atoms with E-state index in [2.05, 4.69) is 11.5 Å². The van der Waals surface area contributed by atoms with Gasteiger partial charge in [-0.2, -0.15) is 0 Å². The Morgan fingerprint density at radius 3 is 2.44 bits per heavy atom. The van der Waals surface area contributed by atoms with Crippen LogP contribution in [0.1, 0.15) is 67.0 Å². The number of carbonyl (C=O) groups excluding carboxylic acids is 3. The fraction of sp³-hybridized carbons (Fsp3) is 0.409. The standard InChI is InChI=1S/C24H26O7.C19H17NO3.CH4/c1-11(29-5)12-8-23(2)14(6-7-15(23)25)17-18(12)24(3)16(10-28-4)31-22(27)13-9-30-21(19(13)24)20(17)26;21-17-13-18(20-9-11-22-12-10-20)23-19-15(7-4-8-16(17)19)14-5-2-1-3-6-14;/h9,12,14,16H,1,6-8,10H2,2-5H3;1-8,13H,9-12H2;1H4/t12-,14?,16+,23-,24+;;/m0../s1. The lowest BCUT2D eigenvalue weighted by Gasteiger charge is -2.52. The number of carbonyl (C=O) groups is 3. The molecule has 55 heavy (non-hydrogen) atoms. The number of hydrogen-bond donors (Lipinski definition) is 0. The topological polar surface area (TPSA) is 135 Å². The highest BCUT2D eigenvalue weighted by molar-refractivity contribution is 6.14. The van der Waals surface area contributed by atoms with Gasteiger partial charge in [0.1, 0.15) is 29.3 Å². The summed E-state index contributed by atoms with van der Waals surface area (Å²) in [5.74, 6) is 0.0627. The number of allylic oxidation sites excluding steroid dienone is 2. The smallest absolute Gasteiger partial charge is 0.342 e. The van der Waals surface area contributed by atoms with Crippen molar-refractivity contribution in [2.75, 3.05) is 52.0 Å². The molecule has 0 spiro atoms. The van der Waals surface area contributed by atoms with Crippen LogP contribution in [0.15, 0.2) is 98.0 Å². The third kappa shape index (κ3) is 5.87. The molecule has 2 aromatic heterocycles. The lowest BCUT2D eigenvalue weighted by Crippen LogP contribution is -2.55. The second-order valence-electron chi connectivity index (χ2n) is 15.0. The maximum absolute atomic E-state index is 13.8. The van der Waals surface area contributed by atoms with E-state index in [1.54, 1.807) is 20.3 Å². The van der Waals surface area contributed by atoms with E-state index in [9.17, 15) is 19.2 Å². The summed E-state index contributed by atoms with van der Waals surface area (Å²) >= 11 is 0. The molecule has 1 saturated carbocycles. The van der Waals surface area contributed by atoms with Gasteiger partial charge in [0, 0.05) is 66.6 Å². The Bertz CT molecular complexity index is 2280. The lowest BCUT2D eigenvalue weighted by atomic mass is 9.51. The Labute approximate surface area is 319 Å². The predicted molar refractivity (Wildman–Crippen MR) is 206 cm³/mol. The molecule has 288 valence electrons. The van der Waals surface area contributed by atoms with Crippen molar-refractivity contribution in [1.29, 1.82) is 0 Å². The Morgan fingerprint density at radius 2 is 1.73 bits per heavy atom. The highest BCUT2D eigenvalue weighted by atomic mass is 16.6. The predicted octanol–water partition coefficient (Wildman–Crippen LogP) is 7.31. The fourth-order valence-corrected chi connectivity index (χ4v) is 9.43. The Hall–Kier alpha value is -5.26. The first kappa shape index (κ1) is 38.0. The molecule has 4 heterocycles. The van der Waals surface area contributed by atoms with Crippen LogP contribution >= 0.6 is 0 Å². The zero-order valence-electron chi connectivity index (χ0n) is 30.9. The Morgan fingerprint density at radius 1 is 0.982 bits per heavy atom. The van der Waals surface area contributed by atoms with E-state index in [4.69, 9.17) is 27.8 Å². The third-order valence-corrected chi connectivity index (χ3v) is 12.2. The first-order chi connectivity index (χ1) is 26.0. The molecule has 0 bridgehead atoms. The molecule has 0 N–H and O–H groups in total. The van der Waals surface area contributed by atoms with Gasteiger partial charge >= 0.3 is 5.97 Å². The van der Waals surface area contributed by atoms with Crippen molar-refractivity contribution in [3.63, 3.8) is 0 Å². The lowest BCUT2D eigenvalue weighted by molar-refractivity contribution is -0.127. The van der Waals surface area contributed by atoms with Gasteiger partial charge in [-0.15, -0.1) is 0 Å². The Balaban J connectivity index is 0.000000173. The van der Waals surface area contributed by atoms with Gasteiger partial charge in [0.05, 0.1) is 43.5 Å². The summed E-state index contributed by atoms with van der Waals surface area (Å²) in [5, 5.41) is 0.614. The van der Waals surface area contributed by atoms with E-state index in [1.165, 1.54) is 6.26 Å². The molecule has 11 nitrogen and oxygen atoms in total. The van der Waals surface area contributed by atoms with Crippen LogP contribution in [0.5, 0.6) is 0 Å². The average molecular weight is 750 g/mol. The summed E-state index contributed by atoms with van der Waals surface area (Å²) in [7, 11) is 3.09. The summed E-state index contributed by atoms with van der Waals surface area (Å²) in [4.78, 5) is 54.0. The molecule has 1 saturated heterocycles. The van der Waals surface area contributed by atoms with Crippen molar-refractivity contribution in [3.8, 4) is 11.1 Å². The number of ketones is 2. The number of furan rings is 1. The highest BCUT2D eigenvalue weighted by Gasteiger charge is 2.64. The van der Waals surface area contributed by atoms with Crippen molar-refractivity contribution >= 4 is 34.4 Å². The van der Waals surface area contributed by atoms with E-state index >= 15 is 0 Å². The number of cyclic esters (lactones) is 1. The molecule has 11 heteroatoms. The SMILES string of the molecule is C.C=C(OC)[C@@H]1C[C@]2(C)C(=O)CCC2C2=C1[C@]1(C)c3c(coc3C2=O)C(=O)O[C@@H]1COC.O=c1cc(N2CCOCC2)oc2c(-c3ccccc3)cccc12. The van der Waals surface area contributed by atoms with Gasteiger partial charge in [-0.05, 0) is 37.0 Å². The maximum Gasteiger partial charge on any atom is 0.342 e. The van der Waals surface area contributed by atoms with E-state index in [0.717, 1.165) is 29.8 Å². The molecule has 0 amide bonds. The van der Waals surface area contributed by atoms with E-state index in [0.29, 0.717) is 66.2 Å². The summed E-state index contributed by atoms with van der Waals surface area (Å²) in [6.45, 7) is 11.0. The molecule has 0 radical (unpaired) electrons. The van der Waals surface area contributed by atoms with Crippen LogP contribution in [0.25, 0.3) is 22.1 Å². The first-order valence-electron chi connectivity index (χ1n) is 18.3. The normalized spacial score (nSPS) is 26.6. The molecular weight excluding hydrogens is 702 g/mol. The molecule has 5 atom stereocenters. The monoisotopic (exact) mass is 749 g/mol. The average Bonchev–Trinajstić information content (AvgIpc) is 3.78. The zero-order chi connectivity index (χ0) is 37.9. The number of ether oxygens (including phenoxy) is 4. The quantitative estimate of drug-likeness (QED) is 0.145. The number of rotatable bonds is 6. The number of nitrogens with zero attached hydrogens (tertiary/aromatic N) is 1. The van der Waals surface area contributed by atoms with E-state index < -0.39 is 22.9 Å². The number of methoxy groups -OCH3 is 2. The number of esters is 1. The van der Waals surface area contributed by atoms with Crippen LogP contribution in [0.3, 0.4) is 0 Å². The summed E-state index contributed by atoms with van der Waals surface area (Å²) in [6.07, 6.45) is 2.20. The van der Waals surface area contributed by atoms with Gasteiger partial charge < -0.3 is 32.7 Å². The Kier molecular flexibility index (Phi) is 9.98. The molecule has 9 rings (SSSR count). The molecule has 3 aliphatic carbocycles. The van der Waals surface area contributed by atoms with Crippen LogP contribution < -0.4 is 10.3 Å². The molecule has 1 unspecified atom stereocenters. The van der Waals surface area contributed by atoms with Crippen molar-refractivity contribution in [2.24, 2.45) is 17.3 Å². The molecule has 2 aliphatic heterocycles. The number of anilines is 1. The van der Waals surface area contributed by atoms with Crippen LogP contribution in [-0.2, 0) is 29.2 Å². The van der Waals surface area contributed by atoms with Crippen LogP contribution in [0.2, 0.25) is 0 Å². The number of morpholine rings is 1. The van der Waals surface area contributed by atoms with Crippen molar-refractivity contribution in [1.82, 2.24) is 0 Å². The van der Waals surface area contributed by atoms with Gasteiger partial charge in [0.15, 0.2) is 17.1 Å². The highest BCUT2D eigenvalue weighted by Crippen LogP contribution is 2.63. The largest absolute Gasteiger partial charge is 0.501 e. The number of para-hydroxylation sites is 1. The summed E-state index contributed by atoms with van der Waals surface area (Å²) in [6, 6.07) is 17.3. The molecule has 2 fully saturated rings. The number of Topliss-reactive ketones (excluding diaryl/α,β-unsaturated/α-hetero) is 2. The van der Waals surface area contributed by atoms with Crippen LogP contribution in [0, 0.1) is 17.3 Å². The van der Waals surface area contributed by atoms with Gasteiger partial charge in [0.25, 0.3) is 0 Å². The second kappa shape index (κ2) is 14.4. The van der Waals surface area contributed by atoms with Gasteiger partial charge in [-0.1, -0.05) is 63.4 Å². The second-order valence-corrected chi connectivity index (χ2v) is 15.0. The minimum Gasteiger partial charge on any atom is -0.501 e. The molecule has 2 aromatic carbocycles. The number of hydrogen-bond acceptors (Lipinski definition) is 11. The minimum atomic E-state index is -0.857. The first-order valence-corrected chi connectivity index (χ1v) is 18.3. The molecule has 5 aliphatic rings. The molecule has 4 aromatic rings. The van der Waals surface area contributed by atoms with Gasteiger partial charge in [-0.3, -0.25) is 14.4 Å². The van der Waals surface area contributed by atoms with E-state index in [1.807, 2.05) is 62.4 Å². The maximum atomic E-state index is 13.8. The number of benzene rings is 2. The zero-order valence-corrected chi connectivity index (χ0v) is 30.9. The van der Waals surface area contributed by atoms with Gasteiger partial charge in [-0.25, -0.2) is 4.79 Å². The van der Waals surface area contributed by atoms with Crippen molar-refractivity contribution in [3.05, 3.63) is 111 Å². The van der Waals surface area contributed by atoms with Crippen molar-refractivity contribution in [2.45, 2.75) is 52.1 Å². The summed E-state index contributed by atoms with van der Waals surface area (Å²) in [5.41, 5.74) is 3.33. The third-order valence-electron chi connectivity index (χ3n) is 12.2. The van der Waals surface area contributed by atoms with Crippen molar-refractivity contribution < 1.29 is 42.2 Å².